The summed E-state index contributed by atoms with van der Waals surface area (Å²) in [6, 6.07) is 5.36. The highest BCUT2D eigenvalue weighted by Gasteiger charge is 2.35. The highest BCUT2D eigenvalue weighted by molar-refractivity contribution is 6.30. The smallest absolute Gasteiger partial charge is 0.141 e. The van der Waals surface area contributed by atoms with Crippen molar-refractivity contribution < 1.29 is 9.13 Å². The van der Waals surface area contributed by atoms with Gasteiger partial charge in [0.2, 0.25) is 0 Å². The molecule has 0 bridgehead atoms. The molecule has 1 aliphatic rings. The maximum Gasteiger partial charge on any atom is 0.141 e. The van der Waals surface area contributed by atoms with Crippen LogP contribution >= 0.6 is 11.6 Å². The molecule has 3 nitrogen and oxygen atoms in total. The van der Waals surface area contributed by atoms with Gasteiger partial charge in [0.1, 0.15) is 5.82 Å². The van der Waals surface area contributed by atoms with Crippen LogP contribution < -0.4 is 5.73 Å². The molecule has 0 aromatic heterocycles. The van der Waals surface area contributed by atoms with Crippen LogP contribution in [0.3, 0.4) is 0 Å². The Morgan fingerprint density at radius 2 is 2.19 bits per heavy atom. The van der Waals surface area contributed by atoms with Gasteiger partial charge >= 0.3 is 0 Å². The van der Waals surface area contributed by atoms with Crippen LogP contribution in [0.25, 0.3) is 0 Å². The van der Waals surface area contributed by atoms with Crippen LogP contribution in [0.2, 0.25) is 5.02 Å². The van der Waals surface area contributed by atoms with Crippen LogP contribution in [0.5, 0.6) is 0 Å². The van der Waals surface area contributed by atoms with E-state index in [0.717, 1.165) is 18.0 Å². The number of halogens is 2. The van der Waals surface area contributed by atoms with Crippen molar-refractivity contribution >= 4 is 11.6 Å². The van der Waals surface area contributed by atoms with Gasteiger partial charge < -0.3 is 10.5 Å². The fourth-order valence-electron chi connectivity index (χ4n) is 2.87. The third-order valence-corrected chi connectivity index (χ3v) is 4.62. The zero-order chi connectivity index (χ0) is 15.4. The summed E-state index contributed by atoms with van der Waals surface area (Å²) in [6.07, 6.45) is 2.54. The zero-order valence-electron chi connectivity index (χ0n) is 12.7. The Balaban J connectivity index is 2.22. The second-order valence-electron chi connectivity index (χ2n) is 5.73. The summed E-state index contributed by atoms with van der Waals surface area (Å²) in [5, 5.41) is 0.150. The quantitative estimate of drug-likeness (QED) is 0.800. The molecule has 0 saturated heterocycles. The molecule has 1 saturated carbocycles. The standard InChI is InChI=1S/C16H24ClFN2O/c1-11(12-3-4-12)20(7-8-21-2)16(10-19)13-5-6-15(18)14(17)9-13/h5-6,9,11-12,16H,3-4,7-8,10,19H2,1-2H3. The zero-order valence-corrected chi connectivity index (χ0v) is 13.4. The SMILES string of the molecule is COCCN(C(CN)c1ccc(F)c(Cl)c1)C(C)C1CC1. The average molecular weight is 315 g/mol. The molecule has 21 heavy (non-hydrogen) atoms. The van der Waals surface area contributed by atoms with E-state index in [9.17, 15) is 4.39 Å². The highest BCUT2D eigenvalue weighted by Crippen LogP contribution is 2.38. The van der Waals surface area contributed by atoms with Gasteiger partial charge in [-0.25, -0.2) is 4.39 Å². The Kier molecular flexibility index (Phi) is 5.99. The summed E-state index contributed by atoms with van der Waals surface area (Å²) in [4.78, 5) is 2.37. The van der Waals surface area contributed by atoms with Gasteiger partial charge in [0, 0.05) is 32.3 Å². The number of rotatable bonds is 8. The second-order valence-corrected chi connectivity index (χ2v) is 6.14. The lowest BCUT2D eigenvalue weighted by Crippen LogP contribution is -2.43. The lowest BCUT2D eigenvalue weighted by atomic mass is 10.0. The van der Waals surface area contributed by atoms with Gasteiger partial charge in [-0.15, -0.1) is 0 Å². The van der Waals surface area contributed by atoms with E-state index in [-0.39, 0.29) is 11.1 Å². The predicted octanol–water partition coefficient (Wildman–Crippen LogP) is 3.23. The van der Waals surface area contributed by atoms with E-state index in [2.05, 4.69) is 11.8 Å². The first-order valence-corrected chi connectivity index (χ1v) is 7.86. The normalized spacial score (nSPS) is 18.0. The van der Waals surface area contributed by atoms with Crippen LogP contribution in [-0.2, 0) is 4.74 Å². The molecule has 1 aromatic rings. The van der Waals surface area contributed by atoms with Crippen LogP contribution in [0.4, 0.5) is 4.39 Å². The van der Waals surface area contributed by atoms with E-state index in [1.807, 2.05) is 0 Å². The molecule has 0 spiro atoms. The molecule has 118 valence electrons. The van der Waals surface area contributed by atoms with E-state index in [4.69, 9.17) is 22.1 Å². The molecule has 0 aliphatic heterocycles. The Bertz CT molecular complexity index is 468. The van der Waals surface area contributed by atoms with Crippen molar-refractivity contribution in [2.45, 2.75) is 31.8 Å². The van der Waals surface area contributed by atoms with Gasteiger partial charge in [-0.2, -0.15) is 0 Å². The summed E-state index contributed by atoms with van der Waals surface area (Å²) in [6.45, 7) is 4.18. The molecule has 2 atom stereocenters. The Hall–Kier alpha value is -0.680. The fraction of sp³-hybridized carbons (Fsp3) is 0.625. The minimum Gasteiger partial charge on any atom is -0.383 e. The summed E-state index contributed by atoms with van der Waals surface area (Å²) in [7, 11) is 1.70. The Morgan fingerprint density at radius 3 is 2.71 bits per heavy atom. The number of ether oxygens (including phenoxy) is 1. The number of nitrogens with two attached hydrogens (primary N) is 1. The van der Waals surface area contributed by atoms with Crippen molar-refractivity contribution in [3.63, 3.8) is 0 Å². The molecule has 1 aliphatic carbocycles. The first-order chi connectivity index (χ1) is 10.1. The van der Waals surface area contributed by atoms with Crippen molar-refractivity contribution in [1.29, 1.82) is 0 Å². The van der Waals surface area contributed by atoms with E-state index in [0.29, 0.717) is 19.2 Å². The third kappa shape index (κ3) is 4.16. The minimum absolute atomic E-state index is 0.0360. The summed E-state index contributed by atoms with van der Waals surface area (Å²) < 4.78 is 18.6. The molecule has 2 rings (SSSR count). The first-order valence-electron chi connectivity index (χ1n) is 7.48. The lowest BCUT2D eigenvalue weighted by Gasteiger charge is -2.36. The molecule has 2 unspecified atom stereocenters. The topological polar surface area (TPSA) is 38.5 Å². The minimum atomic E-state index is -0.394. The molecule has 5 heteroatoms. The molecule has 0 radical (unpaired) electrons. The van der Waals surface area contributed by atoms with Gasteiger partial charge in [0.15, 0.2) is 0 Å². The molecule has 1 fully saturated rings. The number of hydrogen-bond donors (Lipinski definition) is 1. The van der Waals surface area contributed by atoms with E-state index in [1.165, 1.54) is 18.9 Å². The van der Waals surface area contributed by atoms with Gasteiger partial charge in [0.05, 0.1) is 11.6 Å². The van der Waals surface area contributed by atoms with E-state index >= 15 is 0 Å². The average Bonchev–Trinajstić information content (AvgIpc) is 3.30. The molecule has 1 aromatic carbocycles. The maximum absolute atomic E-state index is 13.4. The molecular weight excluding hydrogens is 291 g/mol. The lowest BCUT2D eigenvalue weighted by molar-refractivity contribution is 0.0834. The maximum atomic E-state index is 13.4. The van der Waals surface area contributed by atoms with Gasteiger partial charge in [-0.05, 0) is 43.4 Å². The monoisotopic (exact) mass is 314 g/mol. The molecule has 0 heterocycles. The first kappa shape index (κ1) is 16.7. The summed E-state index contributed by atoms with van der Waals surface area (Å²) in [5.41, 5.74) is 6.97. The largest absolute Gasteiger partial charge is 0.383 e. The Labute approximate surface area is 131 Å². The fourth-order valence-corrected chi connectivity index (χ4v) is 3.06. The van der Waals surface area contributed by atoms with Crippen LogP contribution in [0.1, 0.15) is 31.4 Å². The van der Waals surface area contributed by atoms with Crippen molar-refractivity contribution in [3.05, 3.63) is 34.6 Å². The van der Waals surface area contributed by atoms with Crippen molar-refractivity contribution in [2.75, 3.05) is 26.8 Å². The molecule has 2 N–H and O–H groups in total. The summed E-state index contributed by atoms with van der Waals surface area (Å²) >= 11 is 5.92. The second kappa shape index (κ2) is 7.54. The number of hydrogen-bond acceptors (Lipinski definition) is 3. The van der Waals surface area contributed by atoms with Crippen molar-refractivity contribution in [2.24, 2.45) is 11.7 Å². The van der Waals surface area contributed by atoms with Crippen molar-refractivity contribution in [3.8, 4) is 0 Å². The van der Waals surface area contributed by atoms with Gasteiger partial charge in [-0.3, -0.25) is 4.90 Å². The van der Waals surface area contributed by atoms with Gasteiger partial charge in [-0.1, -0.05) is 17.7 Å². The van der Waals surface area contributed by atoms with E-state index in [1.54, 1.807) is 19.2 Å². The van der Waals surface area contributed by atoms with E-state index < -0.39 is 5.82 Å². The predicted molar refractivity (Wildman–Crippen MR) is 84.0 cm³/mol. The number of benzene rings is 1. The Morgan fingerprint density at radius 1 is 1.48 bits per heavy atom. The molecule has 0 amide bonds. The van der Waals surface area contributed by atoms with Crippen LogP contribution in [0.15, 0.2) is 18.2 Å². The molecular formula is C16H24ClFN2O. The third-order valence-electron chi connectivity index (χ3n) is 4.33. The van der Waals surface area contributed by atoms with Crippen molar-refractivity contribution in [1.82, 2.24) is 4.90 Å². The van der Waals surface area contributed by atoms with Crippen LogP contribution in [-0.4, -0.2) is 37.7 Å². The summed E-state index contributed by atoms with van der Waals surface area (Å²) in [5.74, 6) is 0.335. The van der Waals surface area contributed by atoms with Crippen LogP contribution in [0, 0.1) is 11.7 Å². The highest BCUT2D eigenvalue weighted by atomic mass is 35.5. The number of nitrogens with zero attached hydrogens (tertiary/aromatic N) is 1. The number of methoxy groups -OCH3 is 1. The van der Waals surface area contributed by atoms with Gasteiger partial charge in [0.25, 0.3) is 0 Å².